The lowest BCUT2D eigenvalue weighted by Gasteiger charge is -2.32. The van der Waals surface area contributed by atoms with E-state index < -0.39 is 5.97 Å². The van der Waals surface area contributed by atoms with Crippen LogP contribution in [-0.2, 0) is 91.6 Å². The molecule has 0 unspecified atom stereocenters. The topological polar surface area (TPSA) is 195 Å². The molecule has 0 atom stereocenters. The lowest BCUT2D eigenvalue weighted by Crippen LogP contribution is -2.45. The van der Waals surface area contributed by atoms with E-state index in [1.807, 2.05) is 166 Å². The number of ether oxygens (including phenoxy) is 2. The molecule has 3 aliphatic heterocycles. The number of aliphatic carboxylic acids is 1. The standard InChI is InChI=1S/C40H47N3O3.C31H32N2O2.C8H15ClN2O.C8H16N2O2.8C2H6.2CH2Cl2/c1-42-23-25-43(26-24-42)22-19-39(45)29-35-6-4-9-37(28-35)40-10-3-2-8-36(40)20-27-46-31-34-13-11-32(12-14-34)15-17-38(44)18-16-33-7-5-21-41-30-33;32-29-8-3-7-28(21-29)31-9-2-1-6-27(31)18-20-35-23-26-12-10-24(11-13-26)14-16-30(34)17-15-25-5-4-19-33-22-25;1-10-4-6-11(7-5-10)3-2-8(9)12;1-9-4-6-10(7-5-9)3-2-8(11)12;8*1-2;2*2-1-3/h2-14,21,28,30H,15-20,22-27,29,31H2,1H3;1-13,19,21-22H,14-18,20,23,32H2;2-7H2,1H3;2-7H2,1H3,(H,11,12);8*1-2H3;2*1H2. The molecule has 3 aliphatic rings. The number of nitrogens with two attached hydrogens (primary N) is 1. The van der Waals surface area contributed by atoms with Crippen molar-refractivity contribution in [2.75, 3.05) is 149 Å². The Morgan fingerprint density at radius 3 is 1.02 bits per heavy atom. The molecule has 3 saturated heterocycles. The van der Waals surface area contributed by atoms with Crippen LogP contribution >= 0.6 is 58.0 Å². The van der Waals surface area contributed by atoms with Crippen molar-refractivity contribution in [2.24, 2.45) is 0 Å². The van der Waals surface area contributed by atoms with Gasteiger partial charge >= 0.3 is 5.97 Å². The Hall–Kier alpha value is -7.30. The number of likely N-dealkylation sites (N-methyl/N-ethyl adjacent to an activating group) is 3. The van der Waals surface area contributed by atoms with E-state index in [2.05, 4.69) is 188 Å². The van der Waals surface area contributed by atoms with Gasteiger partial charge < -0.3 is 49.7 Å². The number of Topliss-reactive ketones (excluding diaryl/α,β-unsaturated/α-hetero) is 3. The zero-order valence-corrected chi connectivity index (χ0v) is 84.9. The Morgan fingerprint density at radius 2 is 0.677 bits per heavy atom. The van der Waals surface area contributed by atoms with Crippen molar-refractivity contribution >= 4 is 92.3 Å². The Balaban J connectivity index is -0.00000166. The molecule has 0 saturated carbocycles. The largest absolute Gasteiger partial charge is 0.481 e. The summed E-state index contributed by atoms with van der Waals surface area (Å²) in [5.74, 6) is 0.179. The van der Waals surface area contributed by atoms with Gasteiger partial charge in [0.15, 0.2) is 0 Å². The minimum atomic E-state index is -0.700. The third kappa shape index (κ3) is 61.8. The van der Waals surface area contributed by atoms with E-state index in [1.165, 1.54) is 33.4 Å². The van der Waals surface area contributed by atoms with Crippen molar-refractivity contribution in [2.45, 2.75) is 214 Å². The van der Waals surface area contributed by atoms with Gasteiger partial charge in [-0.05, 0) is 168 Å². The Bertz CT molecular complexity index is 3890. The van der Waals surface area contributed by atoms with Gasteiger partial charge in [-0.15, -0.1) is 46.4 Å². The highest BCUT2D eigenvalue weighted by Crippen LogP contribution is 2.28. The molecular formula is C105H162Cl5N9O8. The molecule has 11 rings (SSSR count). The molecule has 0 bridgehead atoms. The van der Waals surface area contributed by atoms with Gasteiger partial charge in [-0.2, -0.15) is 0 Å². The van der Waals surface area contributed by atoms with Crippen molar-refractivity contribution in [1.82, 2.24) is 39.4 Å². The zero-order valence-electron chi connectivity index (χ0n) is 81.1. The van der Waals surface area contributed by atoms with E-state index in [0.717, 1.165) is 175 Å². The van der Waals surface area contributed by atoms with Crippen molar-refractivity contribution in [3.8, 4) is 22.3 Å². The van der Waals surface area contributed by atoms with E-state index >= 15 is 0 Å². The summed E-state index contributed by atoms with van der Waals surface area (Å²) in [6.45, 7) is 49.4. The summed E-state index contributed by atoms with van der Waals surface area (Å²) in [5, 5.41) is 8.62. The molecule has 3 fully saturated rings. The molecule has 2 aromatic heterocycles. The first-order chi connectivity index (χ1) is 61.9. The fraction of sp³-hybridized carbons (Fsp3) is 0.514. The van der Waals surface area contributed by atoms with Gasteiger partial charge in [0.05, 0.1) is 43.5 Å². The Morgan fingerprint density at radius 1 is 0.354 bits per heavy atom. The first-order valence-electron chi connectivity index (χ1n) is 46.5. The number of piperazine rings is 3. The number of alkyl halides is 4. The van der Waals surface area contributed by atoms with E-state index in [-0.39, 0.29) is 28.1 Å². The van der Waals surface area contributed by atoms with E-state index in [0.29, 0.717) is 89.5 Å². The van der Waals surface area contributed by atoms with Crippen LogP contribution in [0.15, 0.2) is 195 Å². The highest BCUT2D eigenvalue weighted by molar-refractivity contribution is 6.63. The van der Waals surface area contributed by atoms with Crippen LogP contribution in [-0.4, -0.2) is 216 Å². The minimum Gasteiger partial charge on any atom is -0.481 e. The molecule has 127 heavy (non-hydrogen) atoms. The number of anilines is 1. The number of aryl methyl sites for hydroxylation is 4. The Labute approximate surface area is 794 Å². The number of aromatic nitrogens is 2. The van der Waals surface area contributed by atoms with Crippen LogP contribution < -0.4 is 5.73 Å². The average molecular weight is 1860 g/mol. The monoisotopic (exact) mass is 1850 g/mol. The fourth-order valence-electron chi connectivity index (χ4n) is 12.7. The number of pyridine rings is 2. The number of benzene rings is 6. The number of nitrogens with zero attached hydrogens (tertiary/aromatic N) is 8. The summed E-state index contributed by atoms with van der Waals surface area (Å²) >= 11 is 24.3. The maximum Gasteiger partial charge on any atom is 0.304 e. The van der Waals surface area contributed by atoms with Crippen LogP contribution in [0.3, 0.4) is 0 Å². The number of carbonyl (C=O) groups excluding carboxylic acids is 4. The second-order valence-electron chi connectivity index (χ2n) is 28.0. The van der Waals surface area contributed by atoms with Crippen LogP contribution in [0.4, 0.5) is 5.69 Å². The number of carboxylic acids is 1. The number of halogens is 5. The summed E-state index contributed by atoms with van der Waals surface area (Å²) < 4.78 is 12.0. The summed E-state index contributed by atoms with van der Waals surface area (Å²) in [7, 11) is 6.36. The third-order valence-corrected chi connectivity index (χ3v) is 19.7. The zero-order chi connectivity index (χ0) is 95.6. The molecule has 0 radical (unpaired) electrons. The number of hydrogen-bond acceptors (Lipinski definition) is 16. The van der Waals surface area contributed by atoms with Crippen LogP contribution in [0.2, 0.25) is 0 Å². The fourth-order valence-corrected chi connectivity index (χ4v) is 12.8. The normalized spacial score (nSPS) is 12.7. The molecule has 8 aromatic rings. The van der Waals surface area contributed by atoms with Crippen molar-refractivity contribution in [3.63, 3.8) is 0 Å². The number of rotatable bonds is 35. The lowest BCUT2D eigenvalue weighted by molar-refractivity contribution is -0.137. The number of carboxylic acid groups (broad SMARTS) is 1. The quantitative estimate of drug-likeness (QED) is 0.0165. The van der Waals surface area contributed by atoms with Crippen molar-refractivity contribution in [3.05, 3.63) is 245 Å². The third-order valence-electron chi connectivity index (χ3n) is 19.5. The second-order valence-corrected chi connectivity index (χ2v) is 30.1. The predicted octanol–water partition coefficient (Wildman–Crippen LogP) is 23.8. The Kier molecular flexibility index (Phi) is 83.3. The van der Waals surface area contributed by atoms with Crippen LogP contribution in [0.25, 0.3) is 22.3 Å². The van der Waals surface area contributed by atoms with Gasteiger partial charge in [0.1, 0.15) is 17.3 Å². The molecule has 17 nitrogen and oxygen atoms in total. The second kappa shape index (κ2) is 85.5. The van der Waals surface area contributed by atoms with Crippen LogP contribution in [0.1, 0.15) is 206 Å². The predicted molar refractivity (Wildman–Crippen MR) is 546 cm³/mol. The summed E-state index contributed by atoms with van der Waals surface area (Å²) in [4.78, 5) is 80.1. The minimum absolute atomic E-state index is 0.194. The number of hydrogen-bond donors (Lipinski definition) is 2. The van der Waals surface area contributed by atoms with Gasteiger partial charge in [0, 0.05) is 174 Å². The van der Waals surface area contributed by atoms with Gasteiger partial charge in [-0.3, -0.25) is 33.9 Å². The van der Waals surface area contributed by atoms with E-state index in [9.17, 15) is 24.0 Å². The molecule has 710 valence electrons. The van der Waals surface area contributed by atoms with Crippen molar-refractivity contribution < 1.29 is 38.6 Å². The number of ketones is 3. The molecule has 0 amide bonds. The number of nitrogen functional groups attached to an aromatic ring is 1. The highest BCUT2D eigenvalue weighted by Gasteiger charge is 2.19. The first kappa shape index (κ1) is 124. The first-order valence-corrected chi connectivity index (χ1v) is 49.0. The molecule has 5 heterocycles. The van der Waals surface area contributed by atoms with Gasteiger partial charge in [-0.1, -0.05) is 256 Å². The SMILES string of the molecule is CC.CC.CC.CC.CC.CC.CC.CC.CN1CCN(CCC(=O)Cc2cccc(-c3ccccc3CCOCc3ccc(CCC(=O)CCc4cccnc4)cc3)c2)CC1.CN1CCN(CCC(=O)Cl)CC1.CN1CCN(CCC(=O)O)CC1.ClCCl.ClCCl.Nc1cccc(-c2ccccc2CCOCc2ccc(CCC(=O)CCc3cccnc3)cc2)c1. The molecule has 0 aliphatic carbocycles. The lowest BCUT2D eigenvalue weighted by atomic mass is 9.95. The average Bonchev–Trinajstić information content (AvgIpc) is 0.834. The van der Waals surface area contributed by atoms with E-state index in [4.69, 9.17) is 78.3 Å². The highest BCUT2D eigenvalue weighted by atomic mass is 35.5. The summed E-state index contributed by atoms with van der Waals surface area (Å²) in [6, 6.07) is 57.9. The maximum atomic E-state index is 12.8. The summed E-state index contributed by atoms with van der Waals surface area (Å²) in [5.41, 5.74) is 21.8. The van der Waals surface area contributed by atoms with Crippen molar-refractivity contribution in [1.29, 1.82) is 0 Å². The van der Waals surface area contributed by atoms with Crippen LogP contribution in [0.5, 0.6) is 0 Å². The molecule has 0 spiro atoms. The van der Waals surface area contributed by atoms with Crippen LogP contribution in [0, 0.1) is 0 Å². The van der Waals surface area contributed by atoms with Gasteiger partial charge in [0.25, 0.3) is 0 Å². The molecular weight excluding hydrogens is 1690 g/mol. The van der Waals surface area contributed by atoms with E-state index in [1.54, 1.807) is 12.4 Å². The molecule has 22 heteroatoms. The van der Waals surface area contributed by atoms with Gasteiger partial charge in [0.2, 0.25) is 5.24 Å². The number of carbonyl (C=O) groups is 5. The maximum absolute atomic E-state index is 12.8. The van der Waals surface area contributed by atoms with Gasteiger partial charge in [-0.25, -0.2) is 0 Å². The molecule has 3 N–H and O–H groups in total. The smallest absolute Gasteiger partial charge is 0.304 e. The summed E-state index contributed by atoms with van der Waals surface area (Å²) in [6.07, 6.45) is 15.9. The molecule has 6 aromatic carbocycles.